The number of carbonyl (C=O) groups excluding carboxylic acids is 2. The van der Waals surface area contributed by atoms with Crippen LogP contribution in [0.25, 0.3) is 0 Å². The van der Waals surface area contributed by atoms with Crippen molar-refractivity contribution in [1.82, 2.24) is 15.6 Å². The lowest BCUT2D eigenvalue weighted by atomic mass is 9.85. The predicted molar refractivity (Wildman–Crippen MR) is 89.8 cm³/mol. The van der Waals surface area contributed by atoms with Gasteiger partial charge in [0.2, 0.25) is 11.8 Å². The lowest BCUT2D eigenvalue weighted by Crippen LogP contribution is -2.42. The fraction of sp³-hybridized carbons (Fsp3) is 0.706. The van der Waals surface area contributed by atoms with Gasteiger partial charge >= 0.3 is 0 Å². The summed E-state index contributed by atoms with van der Waals surface area (Å²) in [5, 5.41) is 8.12. The average Bonchev–Trinajstić information content (AvgIpc) is 3.26. The van der Waals surface area contributed by atoms with Crippen molar-refractivity contribution >= 4 is 23.2 Å². The van der Waals surface area contributed by atoms with Crippen molar-refractivity contribution in [1.29, 1.82) is 0 Å². The van der Waals surface area contributed by atoms with Crippen molar-refractivity contribution in [2.24, 2.45) is 11.8 Å². The molecule has 2 aliphatic rings. The predicted octanol–water partition coefficient (Wildman–Crippen LogP) is 2.62. The first-order valence-corrected chi connectivity index (χ1v) is 9.62. The molecule has 0 aromatic carbocycles. The Morgan fingerprint density at radius 1 is 1.04 bits per heavy atom. The summed E-state index contributed by atoms with van der Waals surface area (Å²) in [6, 6.07) is 0.255. The summed E-state index contributed by atoms with van der Waals surface area (Å²) < 4.78 is 0. The minimum Gasteiger partial charge on any atom is -0.353 e. The van der Waals surface area contributed by atoms with Crippen LogP contribution in [0.1, 0.15) is 57.1 Å². The number of hydrogen-bond acceptors (Lipinski definition) is 4. The van der Waals surface area contributed by atoms with Gasteiger partial charge in [0, 0.05) is 23.3 Å². The minimum absolute atomic E-state index is 0.0771. The number of nitrogens with zero attached hydrogens (tertiary/aromatic N) is 1. The third kappa shape index (κ3) is 4.53. The highest BCUT2D eigenvalue weighted by Gasteiger charge is 2.29. The monoisotopic (exact) mass is 335 g/mol. The molecule has 0 aliphatic heterocycles. The van der Waals surface area contributed by atoms with Crippen LogP contribution < -0.4 is 10.6 Å². The van der Waals surface area contributed by atoms with Gasteiger partial charge in [-0.25, -0.2) is 4.98 Å². The molecule has 0 saturated heterocycles. The minimum atomic E-state index is 0.0771. The summed E-state index contributed by atoms with van der Waals surface area (Å²) in [5.74, 6) is 0.667. The zero-order chi connectivity index (χ0) is 16.1. The van der Waals surface area contributed by atoms with Crippen LogP contribution in [-0.2, 0) is 16.1 Å². The molecular weight excluding hydrogens is 310 g/mol. The maximum absolute atomic E-state index is 12.2. The molecule has 23 heavy (non-hydrogen) atoms. The van der Waals surface area contributed by atoms with Crippen LogP contribution in [0.15, 0.2) is 10.9 Å². The number of nitrogens with one attached hydrogen (secondary N) is 2. The summed E-state index contributed by atoms with van der Waals surface area (Å²) >= 11 is 1.54. The molecule has 2 N–H and O–H groups in total. The topological polar surface area (TPSA) is 71.1 Å². The molecule has 0 bridgehead atoms. The fourth-order valence-corrected chi connectivity index (χ4v) is 4.21. The van der Waals surface area contributed by atoms with E-state index in [9.17, 15) is 9.59 Å². The van der Waals surface area contributed by atoms with Gasteiger partial charge in [-0.05, 0) is 38.5 Å². The van der Waals surface area contributed by atoms with E-state index in [1.165, 1.54) is 12.8 Å². The first-order chi connectivity index (χ1) is 11.2. The standard InChI is InChI=1S/C17H25N3O2S/c21-16(18-9-15-10-23-11-19-15)13-5-7-14(8-6-13)20-17(22)12-3-1-2-4-12/h10-14H,1-9H2,(H,18,21)(H,20,22). The molecule has 2 amide bonds. The summed E-state index contributed by atoms with van der Waals surface area (Å²) in [5.41, 5.74) is 2.69. The largest absolute Gasteiger partial charge is 0.353 e. The molecule has 0 unspecified atom stereocenters. The number of thiazole rings is 1. The molecule has 2 aliphatic carbocycles. The van der Waals surface area contributed by atoms with Crippen molar-refractivity contribution < 1.29 is 9.59 Å². The van der Waals surface area contributed by atoms with Crippen molar-refractivity contribution in [3.8, 4) is 0 Å². The van der Waals surface area contributed by atoms with E-state index >= 15 is 0 Å². The second-order valence-electron chi connectivity index (χ2n) is 6.74. The molecule has 0 spiro atoms. The van der Waals surface area contributed by atoms with Gasteiger partial charge in [0.05, 0.1) is 17.7 Å². The van der Waals surface area contributed by atoms with Crippen LogP contribution in [0.5, 0.6) is 0 Å². The molecule has 126 valence electrons. The molecule has 6 heteroatoms. The fourth-order valence-electron chi connectivity index (χ4n) is 3.65. The Balaban J connectivity index is 1.37. The van der Waals surface area contributed by atoms with Gasteiger partial charge in [-0.3, -0.25) is 9.59 Å². The summed E-state index contributed by atoms with van der Waals surface area (Å²) in [4.78, 5) is 28.5. The third-order valence-corrected chi connectivity index (χ3v) is 5.73. The highest BCUT2D eigenvalue weighted by atomic mass is 32.1. The maximum atomic E-state index is 12.2. The van der Waals surface area contributed by atoms with Gasteiger partial charge in [-0.2, -0.15) is 0 Å². The lowest BCUT2D eigenvalue weighted by Gasteiger charge is -2.29. The molecule has 1 heterocycles. The molecule has 2 saturated carbocycles. The first kappa shape index (κ1) is 16.4. The highest BCUT2D eigenvalue weighted by Crippen LogP contribution is 2.27. The smallest absolute Gasteiger partial charge is 0.223 e. The second kappa shape index (κ2) is 7.90. The molecule has 1 aromatic heterocycles. The van der Waals surface area contributed by atoms with E-state index in [0.29, 0.717) is 6.54 Å². The Labute approximate surface area is 141 Å². The Bertz CT molecular complexity index is 518. The maximum Gasteiger partial charge on any atom is 0.223 e. The van der Waals surface area contributed by atoms with E-state index in [2.05, 4.69) is 15.6 Å². The Hall–Kier alpha value is -1.43. The summed E-state index contributed by atoms with van der Waals surface area (Å²) in [6.07, 6.45) is 7.99. The van der Waals surface area contributed by atoms with Crippen LogP contribution in [-0.4, -0.2) is 22.8 Å². The number of amides is 2. The van der Waals surface area contributed by atoms with Crippen LogP contribution in [0.2, 0.25) is 0 Å². The van der Waals surface area contributed by atoms with Gasteiger partial charge in [-0.15, -0.1) is 11.3 Å². The lowest BCUT2D eigenvalue weighted by molar-refractivity contribution is -0.126. The normalized spacial score (nSPS) is 25.2. The Morgan fingerprint density at radius 3 is 2.39 bits per heavy atom. The number of aromatic nitrogens is 1. The van der Waals surface area contributed by atoms with Crippen LogP contribution >= 0.6 is 11.3 Å². The van der Waals surface area contributed by atoms with Crippen LogP contribution in [0.3, 0.4) is 0 Å². The van der Waals surface area contributed by atoms with Gasteiger partial charge in [0.1, 0.15) is 0 Å². The molecule has 2 fully saturated rings. The quantitative estimate of drug-likeness (QED) is 0.869. The van der Waals surface area contributed by atoms with E-state index < -0.39 is 0 Å². The summed E-state index contributed by atoms with van der Waals surface area (Å²) in [6.45, 7) is 0.515. The number of rotatable bonds is 5. The van der Waals surface area contributed by atoms with Crippen molar-refractivity contribution in [2.45, 2.75) is 64.0 Å². The molecule has 5 nitrogen and oxygen atoms in total. The van der Waals surface area contributed by atoms with Gasteiger partial charge < -0.3 is 10.6 Å². The second-order valence-corrected chi connectivity index (χ2v) is 7.45. The van der Waals surface area contributed by atoms with Gasteiger partial charge in [-0.1, -0.05) is 12.8 Å². The first-order valence-electron chi connectivity index (χ1n) is 8.67. The van der Waals surface area contributed by atoms with E-state index in [1.54, 1.807) is 16.8 Å². The molecule has 0 atom stereocenters. The van der Waals surface area contributed by atoms with Gasteiger partial charge in [0.15, 0.2) is 0 Å². The van der Waals surface area contributed by atoms with E-state index in [0.717, 1.165) is 44.2 Å². The van der Waals surface area contributed by atoms with E-state index in [-0.39, 0.29) is 29.7 Å². The van der Waals surface area contributed by atoms with Crippen molar-refractivity contribution in [2.75, 3.05) is 0 Å². The number of carbonyl (C=O) groups is 2. The molecule has 3 rings (SSSR count). The Kier molecular flexibility index (Phi) is 5.65. The van der Waals surface area contributed by atoms with Crippen molar-refractivity contribution in [3.05, 3.63) is 16.6 Å². The Morgan fingerprint density at radius 2 is 1.74 bits per heavy atom. The zero-order valence-corrected chi connectivity index (χ0v) is 14.2. The highest BCUT2D eigenvalue weighted by molar-refractivity contribution is 7.07. The summed E-state index contributed by atoms with van der Waals surface area (Å²) in [7, 11) is 0. The van der Waals surface area contributed by atoms with Crippen LogP contribution in [0.4, 0.5) is 0 Å². The van der Waals surface area contributed by atoms with Gasteiger partial charge in [0.25, 0.3) is 0 Å². The van der Waals surface area contributed by atoms with Crippen LogP contribution in [0, 0.1) is 11.8 Å². The van der Waals surface area contributed by atoms with E-state index in [4.69, 9.17) is 0 Å². The SMILES string of the molecule is O=C(NCc1cscn1)C1CCC(NC(=O)C2CCCC2)CC1. The third-order valence-electron chi connectivity index (χ3n) is 5.10. The number of hydrogen-bond donors (Lipinski definition) is 2. The molecular formula is C17H25N3O2S. The molecule has 1 aromatic rings. The zero-order valence-electron chi connectivity index (χ0n) is 13.4. The molecule has 0 radical (unpaired) electrons. The van der Waals surface area contributed by atoms with Crippen molar-refractivity contribution in [3.63, 3.8) is 0 Å². The average molecular weight is 335 g/mol. The van der Waals surface area contributed by atoms with E-state index in [1.807, 2.05) is 5.38 Å².